The SMILES string of the molecule is Cc1ccc(S(=O)(=O)NC2=NC(C)CN2C)cc1. The Kier molecular flexibility index (Phi) is 3.30. The predicted molar refractivity (Wildman–Crippen MR) is 71.0 cm³/mol. The molecule has 0 spiro atoms. The van der Waals surface area contributed by atoms with E-state index in [1.54, 1.807) is 29.2 Å². The number of hydrogen-bond donors (Lipinski definition) is 1. The van der Waals surface area contributed by atoms with E-state index in [2.05, 4.69) is 9.71 Å². The number of sulfonamides is 1. The normalized spacial score (nSPS) is 19.8. The first-order valence-electron chi connectivity index (χ1n) is 5.77. The zero-order valence-corrected chi connectivity index (χ0v) is 11.5. The van der Waals surface area contributed by atoms with Gasteiger partial charge in [-0.25, -0.2) is 18.1 Å². The molecular weight excluding hydrogens is 250 g/mol. The lowest BCUT2D eigenvalue weighted by Crippen LogP contribution is -2.39. The third-order valence-corrected chi connectivity index (χ3v) is 4.14. The first kappa shape index (κ1) is 12.9. The van der Waals surface area contributed by atoms with Crippen LogP contribution in [-0.2, 0) is 10.0 Å². The lowest BCUT2D eigenvalue weighted by atomic mass is 10.2. The first-order chi connectivity index (χ1) is 8.38. The molecule has 1 unspecified atom stereocenters. The predicted octanol–water partition coefficient (Wildman–Crippen LogP) is 0.963. The monoisotopic (exact) mass is 267 g/mol. The lowest BCUT2D eigenvalue weighted by molar-refractivity contribution is 0.504. The van der Waals surface area contributed by atoms with Crippen LogP contribution in [0.2, 0.25) is 0 Å². The second kappa shape index (κ2) is 4.61. The summed E-state index contributed by atoms with van der Waals surface area (Å²) in [6.45, 7) is 4.59. The number of nitrogens with zero attached hydrogens (tertiary/aromatic N) is 2. The highest BCUT2D eigenvalue weighted by atomic mass is 32.2. The van der Waals surface area contributed by atoms with Crippen molar-refractivity contribution in [3.63, 3.8) is 0 Å². The van der Waals surface area contributed by atoms with Gasteiger partial charge in [-0.05, 0) is 26.0 Å². The fourth-order valence-electron chi connectivity index (χ4n) is 1.83. The van der Waals surface area contributed by atoms with Crippen molar-refractivity contribution in [2.75, 3.05) is 13.6 Å². The summed E-state index contributed by atoms with van der Waals surface area (Å²) in [4.78, 5) is 6.31. The third kappa shape index (κ3) is 2.64. The van der Waals surface area contributed by atoms with Crippen LogP contribution in [-0.4, -0.2) is 38.9 Å². The van der Waals surface area contributed by atoms with E-state index in [1.807, 2.05) is 20.9 Å². The van der Waals surface area contributed by atoms with E-state index in [0.29, 0.717) is 5.96 Å². The third-order valence-electron chi connectivity index (χ3n) is 2.80. The summed E-state index contributed by atoms with van der Waals surface area (Å²) in [7, 11) is -1.72. The van der Waals surface area contributed by atoms with E-state index < -0.39 is 10.0 Å². The average molecular weight is 267 g/mol. The van der Waals surface area contributed by atoms with E-state index in [4.69, 9.17) is 0 Å². The molecule has 1 aliphatic rings. The Morgan fingerprint density at radius 3 is 2.44 bits per heavy atom. The van der Waals surface area contributed by atoms with E-state index in [-0.39, 0.29) is 10.9 Å². The van der Waals surface area contributed by atoms with Gasteiger partial charge in [-0.15, -0.1) is 0 Å². The highest BCUT2D eigenvalue weighted by Crippen LogP contribution is 2.12. The molecule has 0 saturated carbocycles. The fraction of sp³-hybridized carbons (Fsp3) is 0.417. The molecule has 6 heteroatoms. The van der Waals surface area contributed by atoms with Gasteiger partial charge < -0.3 is 4.90 Å². The van der Waals surface area contributed by atoms with E-state index in [1.165, 1.54) is 0 Å². The Morgan fingerprint density at radius 2 is 1.94 bits per heavy atom. The second-order valence-electron chi connectivity index (χ2n) is 4.60. The van der Waals surface area contributed by atoms with Gasteiger partial charge in [0.2, 0.25) is 5.96 Å². The quantitative estimate of drug-likeness (QED) is 0.868. The van der Waals surface area contributed by atoms with Crippen LogP contribution >= 0.6 is 0 Å². The molecule has 0 aromatic heterocycles. The van der Waals surface area contributed by atoms with Crippen molar-refractivity contribution in [3.8, 4) is 0 Å². The molecular formula is C12H17N3O2S. The molecule has 18 heavy (non-hydrogen) atoms. The summed E-state index contributed by atoms with van der Waals surface area (Å²) < 4.78 is 26.8. The molecule has 1 aliphatic heterocycles. The van der Waals surface area contributed by atoms with Crippen molar-refractivity contribution in [3.05, 3.63) is 29.8 Å². The van der Waals surface area contributed by atoms with Gasteiger partial charge in [0.1, 0.15) is 0 Å². The number of aliphatic imine (C=N–C) groups is 1. The van der Waals surface area contributed by atoms with Crippen molar-refractivity contribution < 1.29 is 8.42 Å². The maximum atomic E-state index is 12.1. The fourth-order valence-corrected chi connectivity index (χ4v) is 2.89. The van der Waals surface area contributed by atoms with Gasteiger partial charge in [0.05, 0.1) is 10.9 Å². The number of nitrogens with one attached hydrogen (secondary N) is 1. The maximum Gasteiger partial charge on any atom is 0.264 e. The van der Waals surface area contributed by atoms with Crippen LogP contribution in [0.5, 0.6) is 0 Å². The van der Waals surface area contributed by atoms with Gasteiger partial charge >= 0.3 is 0 Å². The first-order valence-corrected chi connectivity index (χ1v) is 7.25. The molecule has 0 aliphatic carbocycles. The summed E-state index contributed by atoms with van der Waals surface area (Å²) in [5, 5.41) is 0. The number of hydrogen-bond acceptors (Lipinski definition) is 4. The smallest absolute Gasteiger partial charge is 0.264 e. The molecule has 5 nitrogen and oxygen atoms in total. The maximum absolute atomic E-state index is 12.1. The Balaban J connectivity index is 2.23. The molecule has 1 N–H and O–H groups in total. The Bertz CT molecular complexity index is 563. The molecule has 0 saturated heterocycles. The van der Waals surface area contributed by atoms with Crippen molar-refractivity contribution in [1.82, 2.24) is 9.62 Å². The second-order valence-corrected chi connectivity index (χ2v) is 6.28. The van der Waals surface area contributed by atoms with Gasteiger partial charge in [-0.3, -0.25) is 0 Å². The van der Waals surface area contributed by atoms with Crippen molar-refractivity contribution in [2.24, 2.45) is 4.99 Å². The summed E-state index contributed by atoms with van der Waals surface area (Å²) in [6, 6.07) is 6.85. The number of rotatable bonds is 2. The molecule has 1 heterocycles. The zero-order chi connectivity index (χ0) is 13.3. The van der Waals surface area contributed by atoms with E-state index in [9.17, 15) is 8.42 Å². The number of aryl methyl sites for hydroxylation is 1. The molecule has 98 valence electrons. The molecule has 0 amide bonds. The van der Waals surface area contributed by atoms with Crippen LogP contribution in [0.25, 0.3) is 0 Å². The van der Waals surface area contributed by atoms with Gasteiger partial charge in [-0.1, -0.05) is 17.7 Å². The minimum Gasteiger partial charge on any atom is -0.343 e. The molecule has 0 fully saturated rings. The highest BCUT2D eigenvalue weighted by molar-refractivity contribution is 7.90. The van der Waals surface area contributed by atoms with Crippen molar-refractivity contribution in [1.29, 1.82) is 0 Å². The van der Waals surface area contributed by atoms with Gasteiger partial charge in [0.25, 0.3) is 10.0 Å². The summed E-state index contributed by atoms with van der Waals surface area (Å²) >= 11 is 0. The zero-order valence-electron chi connectivity index (χ0n) is 10.7. The van der Waals surface area contributed by atoms with Crippen LogP contribution < -0.4 is 4.72 Å². The van der Waals surface area contributed by atoms with Gasteiger partial charge in [0, 0.05) is 13.6 Å². The minimum absolute atomic E-state index is 0.116. The molecule has 0 bridgehead atoms. The van der Waals surface area contributed by atoms with Gasteiger partial charge in [0.15, 0.2) is 0 Å². The van der Waals surface area contributed by atoms with E-state index >= 15 is 0 Å². The Labute approximate surface area is 108 Å². The number of benzene rings is 1. The summed E-state index contributed by atoms with van der Waals surface area (Å²) in [5.74, 6) is 0.406. The van der Waals surface area contributed by atoms with Crippen LogP contribution in [0.4, 0.5) is 0 Å². The Morgan fingerprint density at radius 1 is 1.33 bits per heavy atom. The van der Waals surface area contributed by atoms with E-state index in [0.717, 1.165) is 12.1 Å². The molecule has 2 rings (SSSR count). The van der Waals surface area contributed by atoms with Crippen molar-refractivity contribution >= 4 is 16.0 Å². The molecule has 0 radical (unpaired) electrons. The Hall–Kier alpha value is -1.56. The minimum atomic E-state index is -3.54. The lowest BCUT2D eigenvalue weighted by Gasteiger charge is -2.15. The van der Waals surface area contributed by atoms with Crippen LogP contribution in [0.3, 0.4) is 0 Å². The number of guanidine groups is 1. The average Bonchev–Trinajstić information content (AvgIpc) is 2.57. The molecule has 1 aromatic rings. The highest BCUT2D eigenvalue weighted by Gasteiger charge is 2.24. The number of likely N-dealkylation sites (N-methyl/N-ethyl adjacent to an activating group) is 1. The van der Waals surface area contributed by atoms with Crippen LogP contribution in [0, 0.1) is 6.92 Å². The summed E-state index contributed by atoms with van der Waals surface area (Å²) in [6.07, 6.45) is 0. The van der Waals surface area contributed by atoms with Crippen LogP contribution in [0.15, 0.2) is 34.2 Å². The standard InChI is InChI=1S/C12H17N3O2S/c1-9-4-6-11(7-5-9)18(16,17)14-12-13-10(2)8-15(12)3/h4-7,10H,8H2,1-3H3,(H,13,14). The largest absolute Gasteiger partial charge is 0.343 e. The topological polar surface area (TPSA) is 61.8 Å². The van der Waals surface area contributed by atoms with Crippen LogP contribution in [0.1, 0.15) is 12.5 Å². The molecule has 1 aromatic carbocycles. The van der Waals surface area contributed by atoms with Gasteiger partial charge in [-0.2, -0.15) is 0 Å². The molecule has 1 atom stereocenters. The summed E-state index contributed by atoms with van der Waals surface area (Å²) in [5.41, 5.74) is 1.03. The van der Waals surface area contributed by atoms with Crippen molar-refractivity contribution in [2.45, 2.75) is 24.8 Å².